The Morgan fingerprint density at radius 2 is 2.33 bits per heavy atom. The second-order valence-corrected chi connectivity index (χ2v) is 5.22. The fourth-order valence-corrected chi connectivity index (χ4v) is 2.40. The summed E-state index contributed by atoms with van der Waals surface area (Å²) in [5.74, 6) is 0. The standard InChI is InChI=1S/C14H21ClN2O/c15-14-7-6-12(10-17-14)11-18-9-3-5-13-4-1-2-8-16-13/h6-7,10,13,16H,1-5,8-9,11H2/t13-/m0/s1. The Morgan fingerprint density at radius 3 is 3.06 bits per heavy atom. The zero-order valence-electron chi connectivity index (χ0n) is 10.7. The number of rotatable bonds is 6. The van der Waals surface area contributed by atoms with Crippen LogP contribution in [-0.4, -0.2) is 24.2 Å². The fourth-order valence-electron chi connectivity index (χ4n) is 2.28. The normalized spacial score (nSPS) is 19.9. The number of ether oxygens (including phenoxy) is 1. The molecule has 100 valence electrons. The van der Waals surface area contributed by atoms with Crippen molar-refractivity contribution in [3.8, 4) is 0 Å². The van der Waals surface area contributed by atoms with Gasteiger partial charge >= 0.3 is 0 Å². The van der Waals surface area contributed by atoms with Crippen LogP contribution in [0, 0.1) is 0 Å². The van der Waals surface area contributed by atoms with Crippen LogP contribution in [0.15, 0.2) is 18.3 Å². The number of hydrogen-bond acceptors (Lipinski definition) is 3. The van der Waals surface area contributed by atoms with Crippen LogP contribution in [0.5, 0.6) is 0 Å². The minimum atomic E-state index is 0.530. The quantitative estimate of drug-likeness (QED) is 0.636. The molecule has 18 heavy (non-hydrogen) atoms. The minimum absolute atomic E-state index is 0.530. The molecule has 1 aliphatic heterocycles. The highest BCUT2D eigenvalue weighted by atomic mass is 35.5. The molecule has 0 aliphatic carbocycles. The largest absolute Gasteiger partial charge is 0.377 e. The topological polar surface area (TPSA) is 34.1 Å². The highest BCUT2D eigenvalue weighted by molar-refractivity contribution is 6.29. The average molecular weight is 269 g/mol. The van der Waals surface area contributed by atoms with E-state index in [2.05, 4.69) is 10.3 Å². The molecule has 2 rings (SSSR count). The lowest BCUT2D eigenvalue weighted by Gasteiger charge is -2.23. The van der Waals surface area contributed by atoms with Crippen LogP contribution in [0.2, 0.25) is 5.15 Å². The van der Waals surface area contributed by atoms with Gasteiger partial charge in [0.05, 0.1) is 6.61 Å². The molecule has 0 aromatic carbocycles. The van der Waals surface area contributed by atoms with Gasteiger partial charge < -0.3 is 10.1 Å². The molecular formula is C14H21ClN2O. The molecule has 3 nitrogen and oxygen atoms in total. The summed E-state index contributed by atoms with van der Waals surface area (Å²) in [4.78, 5) is 4.03. The van der Waals surface area contributed by atoms with Crippen LogP contribution in [0.4, 0.5) is 0 Å². The van der Waals surface area contributed by atoms with Gasteiger partial charge in [-0.15, -0.1) is 0 Å². The molecule has 1 atom stereocenters. The van der Waals surface area contributed by atoms with E-state index in [1.165, 1.54) is 32.2 Å². The highest BCUT2D eigenvalue weighted by Crippen LogP contribution is 2.12. The number of piperidine rings is 1. The van der Waals surface area contributed by atoms with Gasteiger partial charge in [-0.1, -0.05) is 24.1 Å². The van der Waals surface area contributed by atoms with E-state index in [1.54, 1.807) is 12.3 Å². The SMILES string of the molecule is Clc1ccc(COCCC[C@@H]2CCCCN2)cn1. The van der Waals surface area contributed by atoms with E-state index >= 15 is 0 Å². The smallest absolute Gasteiger partial charge is 0.129 e. The number of nitrogens with one attached hydrogen (secondary N) is 1. The third kappa shape index (κ3) is 4.92. The van der Waals surface area contributed by atoms with Crippen molar-refractivity contribution in [3.05, 3.63) is 29.0 Å². The summed E-state index contributed by atoms with van der Waals surface area (Å²) in [7, 11) is 0. The van der Waals surface area contributed by atoms with E-state index in [1.807, 2.05) is 6.07 Å². The Hall–Kier alpha value is -0.640. The van der Waals surface area contributed by atoms with Crippen LogP contribution in [0.25, 0.3) is 0 Å². The van der Waals surface area contributed by atoms with Crippen LogP contribution < -0.4 is 5.32 Å². The molecule has 0 spiro atoms. The second-order valence-electron chi connectivity index (χ2n) is 4.83. The van der Waals surface area contributed by atoms with Gasteiger partial charge in [0.25, 0.3) is 0 Å². The van der Waals surface area contributed by atoms with Gasteiger partial charge in [0, 0.05) is 18.8 Å². The summed E-state index contributed by atoms with van der Waals surface area (Å²) >= 11 is 5.72. The fraction of sp³-hybridized carbons (Fsp3) is 0.643. The zero-order chi connectivity index (χ0) is 12.6. The molecule has 1 aromatic rings. The molecule has 1 N–H and O–H groups in total. The van der Waals surface area contributed by atoms with Crippen molar-refractivity contribution in [3.63, 3.8) is 0 Å². The lowest BCUT2D eigenvalue weighted by Crippen LogP contribution is -2.33. The average Bonchev–Trinajstić information content (AvgIpc) is 2.42. The third-order valence-electron chi connectivity index (χ3n) is 3.31. The number of nitrogens with zero attached hydrogens (tertiary/aromatic N) is 1. The van der Waals surface area contributed by atoms with E-state index in [-0.39, 0.29) is 0 Å². The van der Waals surface area contributed by atoms with Crippen molar-refractivity contribution in [1.29, 1.82) is 0 Å². The number of hydrogen-bond donors (Lipinski definition) is 1. The Kier molecular flexibility index (Phi) is 5.91. The molecule has 0 unspecified atom stereocenters. The predicted molar refractivity (Wildman–Crippen MR) is 73.8 cm³/mol. The molecule has 0 amide bonds. The molecule has 1 fully saturated rings. The summed E-state index contributed by atoms with van der Waals surface area (Å²) < 4.78 is 5.64. The van der Waals surface area contributed by atoms with Crippen LogP contribution in [-0.2, 0) is 11.3 Å². The van der Waals surface area contributed by atoms with E-state index in [4.69, 9.17) is 16.3 Å². The Labute approximate surface area is 114 Å². The maximum absolute atomic E-state index is 5.72. The zero-order valence-corrected chi connectivity index (χ0v) is 11.5. The van der Waals surface area contributed by atoms with Crippen molar-refractivity contribution in [2.24, 2.45) is 0 Å². The Morgan fingerprint density at radius 1 is 1.39 bits per heavy atom. The molecular weight excluding hydrogens is 248 g/mol. The lowest BCUT2D eigenvalue weighted by molar-refractivity contribution is 0.114. The molecule has 1 saturated heterocycles. The highest BCUT2D eigenvalue weighted by Gasteiger charge is 2.11. The molecule has 0 bridgehead atoms. The first kappa shape index (κ1) is 13.8. The molecule has 4 heteroatoms. The van der Waals surface area contributed by atoms with Gasteiger partial charge in [-0.3, -0.25) is 0 Å². The van der Waals surface area contributed by atoms with Crippen LogP contribution >= 0.6 is 11.6 Å². The minimum Gasteiger partial charge on any atom is -0.377 e. The Bertz CT molecular complexity index is 336. The second kappa shape index (κ2) is 7.72. The maximum atomic E-state index is 5.72. The van der Waals surface area contributed by atoms with E-state index in [0.717, 1.165) is 18.6 Å². The number of halogens is 1. The molecule has 0 radical (unpaired) electrons. The van der Waals surface area contributed by atoms with E-state index in [0.29, 0.717) is 17.8 Å². The van der Waals surface area contributed by atoms with Gasteiger partial charge in [0.15, 0.2) is 0 Å². The van der Waals surface area contributed by atoms with Gasteiger partial charge in [-0.25, -0.2) is 4.98 Å². The van der Waals surface area contributed by atoms with Crippen molar-refractivity contribution in [2.45, 2.75) is 44.8 Å². The van der Waals surface area contributed by atoms with Gasteiger partial charge in [0.1, 0.15) is 5.15 Å². The van der Waals surface area contributed by atoms with E-state index in [9.17, 15) is 0 Å². The summed E-state index contributed by atoms with van der Waals surface area (Å²) in [5, 5.41) is 4.08. The molecule has 1 aliphatic rings. The van der Waals surface area contributed by atoms with Crippen molar-refractivity contribution in [2.75, 3.05) is 13.2 Å². The maximum Gasteiger partial charge on any atom is 0.129 e. The van der Waals surface area contributed by atoms with Gasteiger partial charge in [0.2, 0.25) is 0 Å². The summed E-state index contributed by atoms with van der Waals surface area (Å²) in [5.41, 5.74) is 1.08. The third-order valence-corrected chi connectivity index (χ3v) is 3.53. The molecule has 1 aromatic heterocycles. The molecule has 2 heterocycles. The first-order valence-electron chi connectivity index (χ1n) is 6.76. The van der Waals surface area contributed by atoms with E-state index < -0.39 is 0 Å². The number of pyridine rings is 1. The monoisotopic (exact) mass is 268 g/mol. The Balaban J connectivity index is 1.54. The lowest BCUT2D eigenvalue weighted by atomic mass is 10.0. The first-order valence-corrected chi connectivity index (χ1v) is 7.14. The summed E-state index contributed by atoms with van der Waals surface area (Å²) in [6.45, 7) is 2.63. The molecule has 0 saturated carbocycles. The van der Waals surface area contributed by atoms with Crippen molar-refractivity contribution in [1.82, 2.24) is 10.3 Å². The van der Waals surface area contributed by atoms with Crippen LogP contribution in [0.3, 0.4) is 0 Å². The summed E-state index contributed by atoms with van der Waals surface area (Å²) in [6, 6.07) is 4.46. The first-order chi connectivity index (χ1) is 8.84. The van der Waals surface area contributed by atoms with Gasteiger partial charge in [-0.05, 0) is 43.9 Å². The van der Waals surface area contributed by atoms with Gasteiger partial charge in [-0.2, -0.15) is 0 Å². The number of aromatic nitrogens is 1. The predicted octanol–water partition coefficient (Wildman–Crippen LogP) is 3.17. The van der Waals surface area contributed by atoms with Crippen molar-refractivity contribution < 1.29 is 4.74 Å². The summed E-state index contributed by atoms with van der Waals surface area (Å²) in [6.07, 6.45) is 8.13. The van der Waals surface area contributed by atoms with Crippen LogP contribution in [0.1, 0.15) is 37.7 Å². The van der Waals surface area contributed by atoms with Crippen molar-refractivity contribution >= 4 is 11.6 Å².